The molecule has 2 aromatic rings. The number of amides is 1. The number of hydrogen-bond donors (Lipinski definition) is 6. The number of Topliss-reactive ketones (excluding diaryl/α,β-unsaturated/α-hetero) is 1. The van der Waals surface area contributed by atoms with Gasteiger partial charge >= 0.3 is 11.8 Å². The fourth-order valence-electron chi connectivity index (χ4n) is 7.05. The Balaban J connectivity index is 1.97. The van der Waals surface area contributed by atoms with E-state index in [1.807, 2.05) is 0 Å². The van der Waals surface area contributed by atoms with Crippen molar-refractivity contribution < 1.29 is 58.9 Å². The predicted octanol–water partition coefficient (Wildman–Crippen LogP) is 4.65. The summed E-state index contributed by atoms with van der Waals surface area (Å²) in [5.41, 5.74) is -0.445. The molecule has 3 aliphatic heterocycles. The van der Waals surface area contributed by atoms with Crippen LogP contribution < -0.4 is 10.1 Å². The summed E-state index contributed by atoms with van der Waals surface area (Å²) in [7, 11) is 4.65. The Labute approximate surface area is 320 Å². The van der Waals surface area contributed by atoms with Gasteiger partial charge in [0.2, 0.25) is 0 Å². The van der Waals surface area contributed by atoms with Crippen molar-refractivity contribution >= 4 is 40.3 Å². The van der Waals surface area contributed by atoms with E-state index in [2.05, 4.69) is 10.4 Å². The van der Waals surface area contributed by atoms with E-state index in [9.17, 15) is 39.9 Å². The number of allylic oxidation sites excluding steroid dienone is 2. The van der Waals surface area contributed by atoms with Gasteiger partial charge in [-0.2, -0.15) is 5.10 Å². The fourth-order valence-corrected chi connectivity index (χ4v) is 7.05. The molecule has 0 spiro atoms. The van der Waals surface area contributed by atoms with Crippen LogP contribution in [-0.4, -0.2) is 106 Å². The van der Waals surface area contributed by atoms with Crippen LogP contribution in [0.1, 0.15) is 70.0 Å². The summed E-state index contributed by atoms with van der Waals surface area (Å²) < 4.78 is 23.4. The van der Waals surface area contributed by atoms with Crippen LogP contribution in [0.2, 0.25) is 0 Å². The number of benzene rings is 2. The number of carbonyl (C=O) groups excluding carboxylic acids is 3. The Kier molecular flexibility index (Phi) is 13.0. The largest absolute Gasteiger partial charge is 0.507 e. The van der Waals surface area contributed by atoms with Crippen molar-refractivity contribution in [1.29, 1.82) is 0 Å². The van der Waals surface area contributed by atoms with Crippen LogP contribution in [0, 0.1) is 30.6 Å². The third-order valence-corrected chi connectivity index (χ3v) is 10.5. The Morgan fingerprint density at radius 2 is 1.62 bits per heavy atom. The first kappa shape index (κ1) is 42.6. The molecule has 0 aromatic heterocycles. The second-order valence-electron chi connectivity index (χ2n) is 14.7. The molecule has 300 valence electrons. The number of hydrazone groups is 1. The molecule has 3 heterocycles. The molecule has 2 aromatic carbocycles. The fraction of sp³-hybridized carbons (Fsp3) is 0.500. The number of ketones is 1. The number of hydrogen-bond acceptors (Lipinski definition) is 14. The van der Waals surface area contributed by atoms with Gasteiger partial charge in [0.05, 0.1) is 53.0 Å². The van der Waals surface area contributed by atoms with Gasteiger partial charge < -0.3 is 54.8 Å². The normalized spacial score (nSPS) is 31.4. The van der Waals surface area contributed by atoms with E-state index in [1.54, 1.807) is 53.9 Å². The number of phenolic OH excluding ortho intramolecular Hbond substituents is 3. The van der Waals surface area contributed by atoms with E-state index in [0.29, 0.717) is 0 Å². The van der Waals surface area contributed by atoms with Crippen molar-refractivity contribution in [1.82, 2.24) is 5.01 Å². The summed E-state index contributed by atoms with van der Waals surface area (Å²) in [6.45, 7) is 12.4. The highest BCUT2D eigenvalue weighted by Gasteiger charge is 2.50. The van der Waals surface area contributed by atoms with E-state index in [-0.39, 0.29) is 44.5 Å². The molecule has 5 bridgehead atoms. The molecular weight excluding hydrogens is 714 g/mol. The van der Waals surface area contributed by atoms with Gasteiger partial charge in [0, 0.05) is 75.2 Å². The summed E-state index contributed by atoms with van der Waals surface area (Å²) in [6.07, 6.45) is 4.69. The number of carbonyl (C=O) groups is 3. The monoisotopic (exact) mass is 767 g/mol. The number of rotatable bonds is 4. The zero-order valence-corrected chi connectivity index (χ0v) is 33.1. The molecule has 0 aliphatic carbocycles. The molecule has 55 heavy (non-hydrogen) atoms. The minimum absolute atomic E-state index is 0.0475. The van der Waals surface area contributed by atoms with Gasteiger partial charge in [0.1, 0.15) is 23.4 Å². The highest BCUT2D eigenvalue weighted by atomic mass is 16.7. The number of methoxy groups -OCH3 is 1. The minimum Gasteiger partial charge on any atom is -0.507 e. The molecule has 3 aliphatic rings. The van der Waals surface area contributed by atoms with Crippen LogP contribution in [0.15, 0.2) is 41.2 Å². The van der Waals surface area contributed by atoms with Crippen molar-refractivity contribution in [2.45, 2.75) is 85.6 Å². The number of anilines is 1. The standard InChI is InChI=1S/C40H53N3O12/c1-18-13-12-14-19(2)39(51)42-30-25(17-41-43(9)10)34(48)27-28(35(30)49)33(47)23(6)37-29(27)38(50)40(8,55-37)53-16-15-26(52-11)20(3)36(54-24(7)44)22(5)32(46)21(4)31(18)45/h12-18,20-22,26,31-32,36,45-49H,1-11H3,(H,42,51)/b13-12-,16-15-,19-14-,41-17+. The van der Waals surface area contributed by atoms with Gasteiger partial charge in [0.25, 0.3) is 11.7 Å². The van der Waals surface area contributed by atoms with E-state index in [1.165, 1.54) is 64.4 Å². The van der Waals surface area contributed by atoms with Gasteiger partial charge in [-0.25, -0.2) is 0 Å². The SMILES string of the molecule is COC1/C=C\OC2(C)Oc3c(C)c(O)c4c(O)c(c(/C=N/N(C)C)c(O)c4c3C2=O)NC(=O)/C(C)=C\C=C/C(C)C(O)C(C)C(O)C(C)C(OC(C)=O)C1C. The van der Waals surface area contributed by atoms with Gasteiger partial charge in [0.15, 0.2) is 5.75 Å². The van der Waals surface area contributed by atoms with Crippen LogP contribution in [-0.2, 0) is 23.8 Å². The van der Waals surface area contributed by atoms with Crippen LogP contribution in [0.3, 0.4) is 0 Å². The summed E-state index contributed by atoms with van der Waals surface area (Å²) in [6, 6.07) is 0. The molecule has 5 rings (SSSR count). The lowest BCUT2D eigenvalue weighted by atomic mass is 9.78. The van der Waals surface area contributed by atoms with Crippen LogP contribution in [0.5, 0.6) is 23.0 Å². The molecule has 0 radical (unpaired) electrons. The number of aromatic hydroxyl groups is 3. The summed E-state index contributed by atoms with van der Waals surface area (Å²) in [5, 5.41) is 65.3. The number of nitrogens with one attached hydrogen (secondary N) is 1. The molecule has 9 unspecified atom stereocenters. The first-order valence-electron chi connectivity index (χ1n) is 18.0. The zero-order valence-electron chi connectivity index (χ0n) is 33.1. The number of fused-ring (bicyclic) bond motifs is 14. The maximum Gasteiger partial charge on any atom is 0.312 e. The molecule has 0 fully saturated rings. The van der Waals surface area contributed by atoms with Crippen LogP contribution >= 0.6 is 0 Å². The van der Waals surface area contributed by atoms with Crippen molar-refractivity contribution in [2.75, 3.05) is 26.5 Å². The average Bonchev–Trinajstić information content (AvgIpc) is 3.39. The second kappa shape index (κ2) is 16.7. The molecule has 0 saturated carbocycles. The van der Waals surface area contributed by atoms with E-state index >= 15 is 0 Å². The Morgan fingerprint density at radius 3 is 2.22 bits per heavy atom. The third-order valence-electron chi connectivity index (χ3n) is 10.5. The Hall–Kier alpha value is -5.12. The highest BCUT2D eigenvalue weighted by Crippen LogP contribution is 2.55. The van der Waals surface area contributed by atoms with Crippen molar-refractivity contribution in [2.24, 2.45) is 28.8 Å². The maximum atomic E-state index is 14.3. The number of esters is 1. The van der Waals surface area contributed by atoms with Gasteiger partial charge in [-0.3, -0.25) is 14.4 Å². The quantitative estimate of drug-likeness (QED) is 0.0822. The molecule has 0 saturated heterocycles. The molecule has 15 nitrogen and oxygen atoms in total. The summed E-state index contributed by atoms with van der Waals surface area (Å²) in [5.74, 6) is -8.43. The van der Waals surface area contributed by atoms with Gasteiger partial charge in [-0.1, -0.05) is 45.9 Å². The first-order valence-corrected chi connectivity index (χ1v) is 18.0. The lowest BCUT2D eigenvalue weighted by Gasteiger charge is -2.38. The molecule has 1 amide bonds. The lowest BCUT2D eigenvalue weighted by Crippen LogP contribution is -2.46. The summed E-state index contributed by atoms with van der Waals surface area (Å²) >= 11 is 0. The predicted molar refractivity (Wildman–Crippen MR) is 205 cm³/mol. The Bertz CT molecular complexity index is 1950. The average molecular weight is 768 g/mol. The third kappa shape index (κ3) is 8.28. The molecule has 9 atom stereocenters. The maximum absolute atomic E-state index is 14.3. The van der Waals surface area contributed by atoms with Crippen molar-refractivity contribution in [3.63, 3.8) is 0 Å². The smallest absolute Gasteiger partial charge is 0.312 e. The second-order valence-corrected chi connectivity index (χ2v) is 14.7. The molecule has 15 heteroatoms. The first-order chi connectivity index (χ1) is 25.7. The van der Waals surface area contributed by atoms with Crippen molar-refractivity contribution in [3.05, 3.63) is 52.8 Å². The lowest BCUT2D eigenvalue weighted by molar-refractivity contribution is -0.160. The van der Waals surface area contributed by atoms with Crippen molar-refractivity contribution in [3.8, 4) is 23.0 Å². The Morgan fingerprint density at radius 1 is 0.964 bits per heavy atom. The van der Waals surface area contributed by atoms with Crippen LogP contribution in [0.4, 0.5) is 5.69 Å². The summed E-state index contributed by atoms with van der Waals surface area (Å²) in [4.78, 5) is 40.1. The number of aliphatic hydroxyl groups is 2. The van der Waals surface area contributed by atoms with Gasteiger partial charge in [-0.15, -0.1) is 0 Å². The van der Waals surface area contributed by atoms with Crippen LogP contribution in [0.25, 0.3) is 10.8 Å². The van der Waals surface area contributed by atoms with E-state index in [4.69, 9.17) is 18.9 Å². The van der Waals surface area contributed by atoms with E-state index in [0.717, 1.165) is 0 Å². The van der Waals surface area contributed by atoms with Gasteiger partial charge in [-0.05, 0) is 19.9 Å². The number of aliphatic hydroxyl groups excluding tert-OH is 2. The highest BCUT2D eigenvalue weighted by molar-refractivity contribution is 6.23. The number of nitrogens with zero attached hydrogens (tertiary/aromatic N) is 2. The number of phenols is 3. The van der Waals surface area contributed by atoms with E-state index < -0.39 is 88.8 Å². The molecule has 6 N–H and O–H groups in total. The number of ether oxygens (including phenoxy) is 4. The topological polar surface area (TPSA) is 217 Å². The zero-order chi connectivity index (χ0) is 41.3. The molecular formula is C40H53N3O12. The minimum atomic E-state index is -2.04.